The van der Waals surface area contributed by atoms with Gasteiger partial charge in [-0.1, -0.05) is 13.3 Å². The quantitative estimate of drug-likeness (QED) is 0.462. The topological polar surface area (TPSA) is 80.7 Å². The minimum Gasteiger partial charge on any atom is -0.481 e. The van der Waals surface area contributed by atoms with E-state index in [1.807, 2.05) is 6.92 Å². The first-order chi connectivity index (χ1) is 8.95. The molecule has 0 aliphatic carbocycles. The first-order valence-electron chi connectivity index (χ1n) is 6.82. The zero-order valence-electron chi connectivity index (χ0n) is 11.8. The smallest absolute Gasteiger partial charge is 0.305 e. The minimum absolute atomic E-state index is 0.0868. The van der Waals surface area contributed by atoms with E-state index in [4.69, 9.17) is 9.84 Å². The van der Waals surface area contributed by atoms with Crippen molar-refractivity contribution in [3.8, 4) is 0 Å². The highest BCUT2D eigenvalue weighted by Crippen LogP contribution is 2.12. The number of carboxylic acids is 1. The fourth-order valence-corrected chi connectivity index (χ4v) is 1.64. The maximum Gasteiger partial charge on any atom is 0.305 e. The summed E-state index contributed by atoms with van der Waals surface area (Å²) in [5.74, 6) is -0.749. The average molecular weight is 272 g/mol. The monoisotopic (exact) mass is 272 g/mol. The van der Waals surface area contributed by atoms with Crippen LogP contribution in [0.5, 0.6) is 0 Å². The molecule has 1 unspecified atom stereocenters. The Morgan fingerprint density at radius 3 is 2.26 bits per heavy atom. The van der Waals surface area contributed by atoms with Crippen LogP contribution in [-0.4, -0.2) is 29.4 Å². The van der Waals surface area contributed by atoms with E-state index in [0.717, 1.165) is 12.8 Å². The number of hydrogen-bond donors (Lipinski definition) is 1. The molecule has 0 aromatic carbocycles. The number of aliphatic carboxylic acids is 1. The van der Waals surface area contributed by atoms with Crippen molar-refractivity contribution in [3.63, 3.8) is 0 Å². The highest BCUT2D eigenvalue weighted by molar-refractivity contribution is 5.75. The lowest BCUT2D eigenvalue weighted by Gasteiger charge is -2.14. The second-order valence-electron chi connectivity index (χ2n) is 4.80. The number of ether oxygens (including phenoxy) is 1. The Morgan fingerprint density at radius 1 is 1.11 bits per heavy atom. The van der Waals surface area contributed by atoms with Crippen molar-refractivity contribution in [3.05, 3.63) is 0 Å². The molecular weight excluding hydrogens is 248 g/mol. The maximum absolute atomic E-state index is 11.4. The second-order valence-corrected chi connectivity index (χ2v) is 4.80. The molecule has 19 heavy (non-hydrogen) atoms. The van der Waals surface area contributed by atoms with Crippen LogP contribution in [0, 0.1) is 5.92 Å². The summed E-state index contributed by atoms with van der Waals surface area (Å²) in [7, 11) is 0. The van der Waals surface area contributed by atoms with Crippen molar-refractivity contribution in [2.45, 2.75) is 58.8 Å². The molecule has 5 nitrogen and oxygen atoms in total. The minimum atomic E-state index is -0.844. The molecule has 0 aromatic heterocycles. The predicted molar refractivity (Wildman–Crippen MR) is 70.8 cm³/mol. The molecule has 0 heterocycles. The summed E-state index contributed by atoms with van der Waals surface area (Å²) in [5.41, 5.74) is 0. The Morgan fingerprint density at radius 2 is 1.74 bits per heavy atom. The molecule has 0 saturated carbocycles. The Balaban J connectivity index is 3.68. The van der Waals surface area contributed by atoms with E-state index in [9.17, 15) is 14.4 Å². The Bertz CT molecular complexity index is 298. The van der Waals surface area contributed by atoms with E-state index in [2.05, 4.69) is 0 Å². The van der Waals surface area contributed by atoms with Gasteiger partial charge in [0.1, 0.15) is 5.78 Å². The summed E-state index contributed by atoms with van der Waals surface area (Å²) in [4.78, 5) is 32.6. The van der Waals surface area contributed by atoms with Crippen LogP contribution in [0.1, 0.15) is 58.8 Å². The van der Waals surface area contributed by atoms with Crippen molar-refractivity contribution in [2.75, 3.05) is 6.61 Å². The molecule has 0 spiro atoms. The fraction of sp³-hybridized carbons (Fsp3) is 0.786. The first kappa shape index (κ1) is 17.6. The van der Waals surface area contributed by atoms with Gasteiger partial charge in [0.05, 0.1) is 6.61 Å². The van der Waals surface area contributed by atoms with Gasteiger partial charge >= 0.3 is 11.9 Å². The van der Waals surface area contributed by atoms with Gasteiger partial charge in [0, 0.05) is 19.3 Å². The van der Waals surface area contributed by atoms with Crippen LogP contribution in [0.2, 0.25) is 0 Å². The lowest BCUT2D eigenvalue weighted by Crippen LogP contribution is -2.14. The number of hydrogen-bond acceptors (Lipinski definition) is 4. The molecule has 0 amide bonds. The lowest BCUT2D eigenvalue weighted by molar-refractivity contribution is -0.145. The summed E-state index contributed by atoms with van der Waals surface area (Å²) >= 11 is 0. The molecule has 5 heteroatoms. The van der Waals surface area contributed by atoms with Crippen LogP contribution in [0.15, 0.2) is 0 Å². The Labute approximate surface area is 114 Å². The third kappa shape index (κ3) is 11.4. The maximum atomic E-state index is 11.4. The largest absolute Gasteiger partial charge is 0.481 e. The molecule has 1 N–H and O–H groups in total. The summed E-state index contributed by atoms with van der Waals surface area (Å²) < 4.78 is 5.14. The Kier molecular flexibility index (Phi) is 9.75. The number of Topliss-reactive ketones (excluding diaryl/α,β-unsaturated/α-hetero) is 1. The van der Waals surface area contributed by atoms with Gasteiger partial charge in [-0.15, -0.1) is 0 Å². The van der Waals surface area contributed by atoms with Crippen LogP contribution in [0.4, 0.5) is 0 Å². The van der Waals surface area contributed by atoms with Gasteiger partial charge in [0.2, 0.25) is 0 Å². The van der Waals surface area contributed by atoms with Gasteiger partial charge in [0.15, 0.2) is 0 Å². The Hall–Kier alpha value is -1.39. The van der Waals surface area contributed by atoms with Crippen molar-refractivity contribution in [1.29, 1.82) is 0 Å². The van der Waals surface area contributed by atoms with Crippen LogP contribution < -0.4 is 0 Å². The second kappa shape index (κ2) is 10.5. The number of carbonyl (C=O) groups excluding carboxylic acids is 2. The first-order valence-corrected chi connectivity index (χ1v) is 6.82. The van der Waals surface area contributed by atoms with E-state index in [1.54, 1.807) is 6.92 Å². The van der Waals surface area contributed by atoms with Crippen molar-refractivity contribution >= 4 is 17.7 Å². The number of carboxylic acid groups (broad SMARTS) is 1. The van der Waals surface area contributed by atoms with Gasteiger partial charge in [-0.2, -0.15) is 0 Å². The van der Waals surface area contributed by atoms with Gasteiger partial charge in [-0.25, -0.2) is 0 Å². The molecular formula is C14H24O5. The molecule has 1 atom stereocenters. The normalized spacial score (nSPS) is 11.9. The van der Waals surface area contributed by atoms with Crippen molar-refractivity contribution in [2.24, 2.45) is 5.92 Å². The fourth-order valence-electron chi connectivity index (χ4n) is 1.64. The number of ketones is 1. The number of esters is 1. The molecule has 0 aliphatic rings. The van der Waals surface area contributed by atoms with Crippen molar-refractivity contribution in [1.82, 2.24) is 0 Å². The summed E-state index contributed by atoms with van der Waals surface area (Å²) in [6, 6.07) is 0. The van der Waals surface area contributed by atoms with Gasteiger partial charge in [0.25, 0.3) is 0 Å². The van der Waals surface area contributed by atoms with Gasteiger partial charge in [-0.05, 0) is 32.1 Å². The number of rotatable bonds is 11. The van der Waals surface area contributed by atoms with E-state index in [0.29, 0.717) is 25.9 Å². The zero-order valence-corrected chi connectivity index (χ0v) is 11.8. The number of carbonyl (C=O) groups is 3. The molecule has 0 aromatic rings. The highest BCUT2D eigenvalue weighted by atomic mass is 16.5. The molecule has 0 bridgehead atoms. The molecule has 110 valence electrons. The van der Waals surface area contributed by atoms with Crippen LogP contribution in [0.3, 0.4) is 0 Å². The molecule has 0 aliphatic heterocycles. The van der Waals surface area contributed by atoms with Crippen LogP contribution in [0.25, 0.3) is 0 Å². The van der Waals surface area contributed by atoms with Gasteiger partial charge < -0.3 is 14.6 Å². The van der Waals surface area contributed by atoms with Crippen LogP contribution in [-0.2, 0) is 19.1 Å². The standard InChI is InChI=1S/C14H24O5/c1-3-12(9-8-11(2)15)10-19-14(18)7-5-4-6-13(16)17/h12H,3-10H2,1-2H3,(H,16,17). The van der Waals surface area contributed by atoms with Crippen molar-refractivity contribution < 1.29 is 24.2 Å². The van der Waals surface area contributed by atoms with Gasteiger partial charge in [-0.3, -0.25) is 9.59 Å². The highest BCUT2D eigenvalue weighted by Gasteiger charge is 2.11. The summed E-state index contributed by atoms with van der Waals surface area (Å²) in [6.07, 6.45) is 3.52. The van der Waals surface area contributed by atoms with E-state index < -0.39 is 5.97 Å². The third-order valence-electron chi connectivity index (χ3n) is 2.98. The number of unbranched alkanes of at least 4 members (excludes halogenated alkanes) is 1. The zero-order chi connectivity index (χ0) is 14.7. The summed E-state index contributed by atoms with van der Waals surface area (Å²) in [6.45, 7) is 3.91. The molecule has 0 fully saturated rings. The molecule has 0 saturated heterocycles. The van der Waals surface area contributed by atoms with Crippen LogP contribution >= 0.6 is 0 Å². The lowest BCUT2D eigenvalue weighted by atomic mass is 10.0. The van der Waals surface area contributed by atoms with E-state index >= 15 is 0 Å². The molecule has 0 radical (unpaired) electrons. The SMILES string of the molecule is CCC(CCC(C)=O)COC(=O)CCCCC(=O)O. The average Bonchev–Trinajstić information content (AvgIpc) is 2.34. The van der Waals surface area contributed by atoms with E-state index in [1.165, 1.54) is 0 Å². The summed E-state index contributed by atoms with van der Waals surface area (Å²) in [5, 5.41) is 8.45. The third-order valence-corrected chi connectivity index (χ3v) is 2.98. The predicted octanol–water partition coefficient (Wildman–Crippen LogP) is 2.57. The van der Waals surface area contributed by atoms with E-state index in [-0.39, 0.29) is 30.5 Å². The molecule has 0 rings (SSSR count).